The lowest BCUT2D eigenvalue weighted by atomic mass is 10.4. The van der Waals surface area contributed by atoms with Crippen molar-refractivity contribution in [1.82, 2.24) is 0 Å². The van der Waals surface area contributed by atoms with Gasteiger partial charge in [-0.1, -0.05) is 46.3 Å². The normalized spacial score (nSPS) is 14.2. The molecule has 0 aromatic heterocycles. The molecule has 0 aromatic rings. The molecule has 0 heterocycles. The first-order valence-electron chi connectivity index (χ1n) is 7.33. The van der Waals surface area contributed by atoms with Crippen LogP contribution in [0.4, 0.5) is 0 Å². The van der Waals surface area contributed by atoms with Gasteiger partial charge in [0.25, 0.3) is 0 Å². The molecule has 0 aliphatic rings. The average Bonchev–Trinajstić information content (AvgIpc) is 2.28. The number of unbranched alkanes of at least 4 members (excludes halogenated alkanes) is 2. The van der Waals surface area contributed by atoms with Crippen LogP contribution in [0.25, 0.3) is 0 Å². The Hall–Kier alpha value is 0.704. The van der Waals surface area contributed by atoms with E-state index in [0.717, 1.165) is 32.1 Å². The highest BCUT2D eigenvalue weighted by atomic mass is 32.1. The third kappa shape index (κ3) is 9.61. The van der Waals surface area contributed by atoms with Crippen LogP contribution in [0.3, 0.4) is 0 Å². The Morgan fingerprint density at radius 2 is 1.44 bits per heavy atom. The van der Waals surface area contributed by atoms with Gasteiger partial charge in [-0.15, -0.1) is 0 Å². The van der Waals surface area contributed by atoms with E-state index in [0.29, 0.717) is 4.87 Å². The summed E-state index contributed by atoms with van der Waals surface area (Å²) in [5, 5.41) is 0. The molecule has 0 aromatic carbocycles. The molecule has 0 N–H and O–H groups in total. The maximum Gasteiger partial charge on any atom is 0.322 e. The van der Waals surface area contributed by atoms with Crippen molar-refractivity contribution < 1.29 is 8.85 Å². The summed E-state index contributed by atoms with van der Waals surface area (Å²) in [7, 11) is -2.68. The highest BCUT2D eigenvalue weighted by Crippen LogP contribution is 2.20. The molecule has 0 bridgehead atoms. The van der Waals surface area contributed by atoms with Crippen molar-refractivity contribution in [2.24, 2.45) is 0 Å². The predicted molar refractivity (Wildman–Crippen MR) is 89.8 cm³/mol. The van der Waals surface area contributed by atoms with Crippen LogP contribution in [-0.2, 0) is 8.85 Å². The maximum atomic E-state index is 5.98. The van der Waals surface area contributed by atoms with Gasteiger partial charge in [-0.05, 0) is 23.8 Å². The molecule has 0 saturated carbocycles. The van der Waals surface area contributed by atoms with E-state index in [4.69, 9.17) is 21.5 Å². The van der Waals surface area contributed by atoms with E-state index >= 15 is 0 Å². The molecular weight excluding hydrogens is 276 g/mol. The van der Waals surface area contributed by atoms with Gasteiger partial charge in [0.1, 0.15) is 0 Å². The minimum absolute atomic E-state index is 0.498. The fraction of sp³-hybridized carbons (Fsp3) is 1.00. The summed E-state index contributed by atoms with van der Waals surface area (Å²) in [6, 6.07) is 1.06. The Bertz CT molecular complexity index is 188. The maximum absolute atomic E-state index is 5.98. The molecule has 1 atom stereocenters. The van der Waals surface area contributed by atoms with Gasteiger partial charge in [0, 0.05) is 13.2 Å². The van der Waals surface area contributed by atoms with Gasteiger partial charge in [-0.3, -0.25) is 0 Å². The van der Waals surface area contributed by atoms with Crippen LogP contribution in [0.1, 0.15) is 39.5 Å². The van der Waals surface area contributed by atoms with Gasteiger partial charge >= 0.3 is 9.28 Å². The summed E-state index contributed by atoms with van der Waals surface area (Å²) in [5.74, 6) is 0. The first-order valence-corrected chi connectivity index (χ1v) is 13.2. The molecule has 0 aliphatic carbocycles. The minimum atomic E-state index is -1.50. The highest BCUT2D eigenvalue weighted by molar-refractivity contribution is 7.83. The topological polar surface area (TPSA) is 18.5 Å². The van der Waals surface area contributed by atoms with Crippen LogP contribution in [0.2, 0.25) is 25.7 Å². The fourth-order valence-electron chi connectivity index (χ4n) is 1.44. The summed E-state index contributed by atoms with van der Waals surface area (Å²) >= 11 is 4.78. The van der Waals surface area contributed by atoms with Gasteiger partial charge in [0.15, 0.2) is 0 Å². The van der Waals surface area contributed by atoms with Crippen molar-refractivity contribution in [3.8, 4) is 0 Å². The van der Waals surface area contributed by atoms with Crippen LogP contribution in [0.15, 0.2) is 0 Å². The predicted octanol–water partition coefficient (Wildman–Crippen LogP) is 4.02. The Kier molecular flexibility index (Phi) is 10.9. The second-order valence-corrected chi connectivity index (χ2v) is 14.5. The highest BCUT2D eigenvalue weighted by Gasteiger charge is 2.28. The lowest BCUT2D eigenvalue weighted by Crippen LogP contribution is -2.39. The molecule has 0 saturated heterocycles. The summed E-state index contributed by atoms with van der Waals surface area (Å²) in [4.78, 5) is 0.498. The second-order valence-electron chi connectivity index (χ2n) is 6.00. The Morgan fingerprint density at radius 3 is 1.78 bits per heavy atom. The number of hydrogen-bond acceptors (Lipinski definition) is 3. The van der Waals surface area contributed by atoms with E-state index in [1.54, 1.807) is 0 Å². The van der Waals surface area contributed by atoms with Gasteiger partial charge in [-0.25, -0.2) is 0 Å². The third-order valence-corrected chi connectivity index (χ3v) is 10.7. The fourth-order valence-corrected chi connectivity index (χ4v) is 6.95. The minimum Gasteiger partial charge on any atom is -0.397 e. The molecule has 0 spiro atoms. The molecule has 2 nitrogen and oxygen atoms in total. The molecule has 0 rings (SSSR count). The molecule has 0 unspecified atom stereocenters. The van der Waals surface area contributed by atoms with Gasteiger partial charge < -0.3 is 8.85 Å². The quantitative estimate of drug-likeness (QED) is 0.353. The number of hydrogen-bond donors (Lipinski definition) is 1. The molecule has 0 aliphatic heterocycles. The van der Waals surface area contributed by atoms with E-state index in [-0.39, 0.29) is 0 Å². The van der Waals surface area contributed by atoms with E-state index < -0.39 is 17.4 Å². The Labute approximate surface area is 122 Å². The largest absolute Gasteiger partial charge is 0.397 e. The van der Waals surface area contributed by atoms with Gasteiger partial charge in [-0.2, -0.15) is 12.6 Å². The zero-order valence-corrected chi connectivity index (χ0v) is 15.9. The van der Waals surface area contributed by atoms with Crippen molar-refractivity contribution in [2.75, 3.05) is 13.2 Å². The summed E-state index contributed by atoms with van der Waals surface area (Å²) in [6.45, 7) is 13.2. The van der Waals surface area contributed by atoms with Crippen molar-refractivity contribution in [2.45, 2.75) is 70.1 Å². The molecule has 110 valence electrons. The van der Waals surface area contributed by atoms with E-state index in [1.807, 2.05) is 0 Å². The third-order valence-electron chi connectivity index (χ3n) is 3.02. The first kappa shape index (κ1) is 18.7. The SMILES string of the molecule is CCCCO[SiH](C[C@H](S)[Si](C)(C)C)OCCCC. The van der Waals surface area contributed by atoms with Crippen LogP contribution in [-0.4, -0.2) is 35.4 Å². The van der Waals surface area contributed by atoms with Crippen LogP contribution < -0.4 is 0 Å². The molecule has 18 heavy (non-hydrogen) atoms. The van der Waals surface area contributed by atoms with Gasteiger partial charge in [0.2, 0.25) is 0 Å². The lowest BCUT2D eigenvalue weighted by molar-refractivity contribution is 0.192. The van der Waals surface area contributed by atoms with Crippen molar-refractivity contribution in [3.05, 3.63) is 0 Å². The van der Waals surface area contributed by atoms with E-state index in [9.17, 15) is 0 Å². The monoisotopic (exact) mass is 308 g/mol. The zero-order chi connectivity index (χ0) is 14.0. The summed E-state index contributed by atoms with van der Waals surface area (Å²) < 4.78 is 12.0. The second kappa shape index (κ2) is 10.5. The zero-order valence-electron chi connectivity index (χ0n) is 12.9. The smallest absolute Gasteiger partial charge is 0.322 e. The van der Waals surface area contributed by atoms with Crippen molar-refractivity contribution >= 4 is 30.0 Å². The number of rotatable bonds is 11. The lowest BCUT2D eigenvalue weighted by Gasteiger charge is -2.27. The number of thiol groups is 1. The van der Waals surface area contributed by atoms with E-state index in [2.05, 4.69) is 33.5 Å². The molecule has 0 radical (unpaired) electrons. The van der Waals surface area contributed by atoms with Crippen LogP contribution in [0, 0.1) is 0 Å². The van der Waals surface area contributed by atoms with Crippen LogP contribution in [0.5, 0.6) is 0 Å². The van der Waals surface area contributed by atoms with Gasteiger partial charge in [0.05, 0.1) is 8.07 Å². The molecule has 5 heteroatoms. The van der Waals surface area contributed by atoms with Crippen molar-refractivity contribution in [3.63, 3.8) is 0 Å². The van der Waals surface area contributed by atoms with Crippen LogP contribution >= 0.6 is 12.6 Å². The van der Waals surface area contributed by atoms with E-state index in [1.165, 1.54) is 12.8 Å². The first-order chi connectivity index (χ1) is 8.41. The average molecular weight is 309 g/mol. The molecule has 0 amide bonds. The molecular formula is C13H32O2SSi2. The summed E-state index contributed by atoms with van der Waals surface area (Å²) in [5.41, 5.74) is 0. The van der Waals surface area contributed by atoms with Crippen molar-refractivity contribution in [1.29, 1.82) is 0 Å². The Morgan fingerprint density at radius 1 is 1.00 bits per heavy atom. The Balaban J connectivity index is 4.10. The summed E-state index contributed by atoms with van der Waals surface area (Å²) in [6.07, 6.45) is 4.67. The molecule has 0 fully saturated rings. The standard InChI is InChI=1S/C13H32O2SSi2/c1-6-8-10-14-17(15-11-9-7-2)12-13(16)18(3,4)5/h13,16-17H,6-12H2,1-5H3/t13-/m1/s1.